The van der Waals surface area contributed by atoms with Crippen LogP contribution in [-0.4, -0.2) is 47.5 Å². The molecule has 236 valence electrons. The molecule has 46 heavy (non-hydrogen) atoms. The number of nitrogens with zero attached hydrogens (tertiary/aromatic N) is 3. The number of ether oxygens (including phenoxy) is 4. The van der Waals surface area contributed by atoms with Crippen molar-refractivity contribution in [1.82, 2.24) is 4.57 Å². The van der Waals surface area contributed by atoms with Gasteiger partial charge < -0.3 is 31.6 Å². The minimum atomic E-state index is -1.74. The third kappa shape index (κ3) is 5.29. The van der Waals surface area contributed by atoms with Crippen LogP contribution in [0.1, 0.15) is 32.4 Å². The van der Waals surface area contributed by atoms with Crippen LogP contribution in [0.5, 0.6) is 0 Å². The van der Waals surface area contributed by atoms with Gasteiger partial charge in [-0.2, -0.15) is 4.57 Å². The summed E-state index contributed by atoms with van der Waals surface area (Å²) in [6.07, 6.45) is -3.55. The molecule has 0 bridgehead atoms. The second kappa shape index (κ2) is 12.4. The smallest absolute Gasteiger partial charge is 0.374 e. The van der Waals surface area contributed by atoms with Crippen molar-refractivity contribution in [3.63, 3.8) is 0 Å². The van der Waals surface area contributed by atoms with E-state index in [2.05, 4.69) is 0 Å². The molecule has 0 N–H and O–H groups in total. The Morgan fingerprint density at radius 3 is 2.09 bits per heavy atom. The largest absolute Gasteiger partial charge is 0.745 e. The fourth-order valence-electron chi connectivity index (χ4n) is 6.39. The number of hydrogen-bond donors (Lipinski definition) is 0. The summed E-state index contributed by atoms with van der Waals surface area (Å²) in [7, 11) is 0. The first-order valence-corrected chi connectivity index (χ1v) is 15.0. The molecule has 0 radical (unpaired) electrons. The Bertz CT molecular complexity index is 1840. The molecule has 3 aromatic carbocycles. The molecule has 0 spiro atoms. The molecule has 2 aliphatic rings. The monoisotopic (exact) mass is 641 g/mol. The van der Waals surface area contributed by atoms with E-state index in [0.29, 0.717) is 22.9 Å². The van der Waals surface area contributed by atoms with Gasteiger partial charge in [-0.3, -0.25) is 19.2 Å². The zero-order valence-electron chi connectivity index (χ0n) is 25.3. The van der Waals surface area contributed by atoms with Crippen LogP contribution in [0.15, 0.2) is 107 Å². The Balaban J connectivity index is 1.68. The van der Waals surface area contributed by atoms with E-state index >= 15 is 0 Å². The number of hydrogen-bond acceptors (Lipinski definition) is 10. The normalized spacial score (nSPS) is 22.0. The van der Waals surface area contributed by atoms with Crippen LogP contribution in [-0.2, 0) is 51.6 Å². The van der Waals surface area contributed by atoms with E-state index in [1.807, 2.05) is 65.6 Å². The number of esters is 3. The van der Waals surface area contributed by atoms with Crippen molar-refractivity contribution >= 4 is 42.2 Å². The van der Waals surface area contributed by atoms with Gasteiger partial charge in [0.1, 0.15) is 18.0 Å². The van der Waals surface area contributed by atoms with Gasteiger partial charge in [-0.25, -0.2) is 9.47 Å². The van der Waals surface area contributed by atoms with Crippen LogP contribution in [0.3, 0.4) is 0 Å². The molecule has 5 atom stereocenters. The number of benzene rings is 3. The summed E-state index contributed by atoms with van der Waals surface area (Å²) in [6, 6.07) is 27.8. The Morgan fingerprint density at radius 2 is 1.50 bits per heavy atom. The van der Waals surface area contributed by atoms with Crippen molar-refractivity contribution < 1.29 is 37.9 Å². The molecule has 1 fully saturated rings. The molecule has 0 aliphatic carbocycles. The van der Waals surface area contributed by atoms with E-state index in [0.717, 1.165) is 0 Å². The summed E-state index contributed by atoms with van der Waals surface area (Å²) >= 11 is 5.76. The second-order valence-electron chi connectivity index (χ2n) is 11.0. The number of anilines is 2. The van der Waals surface area contributed by atoms with Crippen molar-refractivity contribution in [2.45, 2.75) is 55.9 Å². The summed E-state index contributed by atoms with van der Waals surface area (Å²) in [6.45, 7) is 3.29. The Morgan fingerprint density at radius 1 is 0.891 bits per heavy atom. The topological polar surface area (TPSA) is 117 Å². The van der Waals surface area contributed by atoms with Gasteiger partial charge >= 0.3 is 29.4 Å². The minimum absolute atomic E-state index is 0.259. The SMILES string of the molecule is CC(=O)OC[C@@H](OC(C)=O)[C@@]1(c2ccccc2)O[C@H]2[C@@H]([C@H]1OC(C)=O)n1c([n+](-c3ccccc3)c([S-])cc1=O)N2c1ccccc1. The predicted octanol–water partition coefficient (Wildman–Crippen LogP) is 3.40. The third-order valence-corrected chi connectivity index (χ3v) is 8.32. The van der Waals surface area contributed by atoms with Crippen LogP contribution < -0.4 is 15.0 Å². The van der Waals surface area contributed by atoms with E-state index in [1.54, 1.807) is 34.9 Å². The molecule has 6 rings (SSSR count). The molecule has 1 aromatic heterocycles. The quantitative estimate of drug-likeness (QED) is 0.0932. The second-order valence-corrected chi connectivity index (χ2v) is 11.4. The highest BCUT2D eigenvalue weighted by Crippen LogP contribution is 2.55. The number of rotatable bonds is 8. The fraction of sp³-hybridized carbons (Fsp3) is 0.265. The summed E-state index contributed by atoms with van der Waals surface area (Å²) in [5.41, 5.74) is -0.356. The molecule has 4 aromatic rings. The lowest BCUT2D eigenvalue weighted by molar-refractivity contribution is -0.626. The van der Waals surface area contributed by atoms with Gasteiger partial charge in [0.15, 0.2) is 23.9 Å². The average Bonchev–Trinajstić information content (AvgIpc) is 3.52. The number of fused-ring (bicyclic) bond motifs is 3. The summed E-state index contributed by atoms with van der Waals surface area (Å²) < 4.78 is 27.7. The highest BCUT2D eigenvalue weighted by molar-refractivity contribution is 7.58. The number of aromatic nitrogens is 2. The summed E-state index contributed by atoms with van der Waals surface area (Å²) in [5, 5.41) is 0.259. The van der Waals surface area contributed by atoms with Crippen molar-refractivity contribution in [3.8, 4) is 5.69 Å². The lowest BCUT2D eigenvalue weighted by Crippen LogP contribution is -2.55. The first kappa shape index (κ1) is 30.9. The molecule has 2 aliphatic heterocycles. The number of carbonyl (C=O) groups excluding carboxylic acids is 3. The van der Waals surface area contributed by atoms with E-state index in [1.165, 1.54) is 31.4 Å². The van der Waals surface area contributed by atoms with Gasteiger partial charge in [0.2, 0.25) is 6.23 Å². The Hall–Kier alpha value is -5.07. The predicted molar refractivity (Wildman–Crippen MR) is 166 cm³/mol. The maximum Gasteiger partial charge on any atom is 0.374 e. The Kier molecular flexibility index (Phi) is 8.32. The molecule has 11 nitrogen and oxygen atoms in total. The lowest BCUT2D eigenvalue weighted by Gasteiger charge is -2.40. The first-order valence-electron chi connectivity index (χ1n) is 14.6. The number of carbonyl (C=O) groups is 3. The van der Waals surface area contributed by atoms with Crippen molar-refractivity contribution in [2.24, 2.45) is 0 Å². The van der Waals surface area contributed by atoms with Crippen LogP contribution in [0.2, 0.25) is 0 Å². The van der Waals surface area contributed by atoms with Crippen LogP contribution >= 0.6 is 0 Å². The highest BCUT2D eigenvalue weighted by Gasteiger charge is 2.71. The van der Waals surface area contributed by atoms with E-state index in [-0.39, 0.29) is 5.03 Å². The van der Waals surface area contributed by atoms with Crippen LogP contribution in [0, 0.1) is 0 Å². The maximum absolute atomic E-state index is 14.1. The van der Waals surface area contributed by atoms with Crippen LogP contribution in [0.25, 0.3) is 5.69 Å². The maximum atomic E-state index is 14.1. The zero-order valence-corrected chi connectivity index (χ0v) is 26.1. The molecule has 0 amide bonds. The van der Waals surface area contributed by atoms with Gasteiger partial charge in [-0.1, -0.05) is 66.7 Å². The zero-order chi connectivity index (χ0) is 32.6. The van der Waals surface area contributed by atoms with Crippen LogP contribution in [0.4, 0.5) is 11.6 Å². The van der Waals surface area contributed by atoms with Gasteiger partial charge in [0.05, 0.1) is 0 Å². The standard InChI is InChI=1S/C34H31N3O8S/c1-21(38)42-20-27(43-22(2)39)34(24-13-7-4-8-14-24)31(44-23(3)40)30-32(45-34)36(26-17-11-6-12-18-26)33-35(25-15-9-5-10-16-25)29(46)19-28(41)37(30)33/h4-19,27,30-32H,20H2,1-3H3/t27-,30-,31-,32+,34-/m1/s1. The molecule has 12 heteroatoms. The molecule has 1 saturated heterocycles. The third-order valence-electron chi connectivity index (χ3n) is 8.02. The summed E-state index contributed by atoms with van der Waals surface area (Å²) in [4.78, 5) is 53.4. The van der Waals surface area contributed by atoms with Gasteiger partial charge in [0.25, 0.3) is 0 Å². The highest BCUT2D eigenvalue weighted by atomic mass is 32.1. The molecular formula is C34H31N3O8S. The van der Waals surface area contributed by atoms with Gasteiger partial charge in [0, 0.05) is 26.8 Å². The van der Waals surface area contributed by atoms with Crippen molar-refractivity contribution in [2.75, 3.05) is 11.5 Å². The molecule has 0 unspecified atom stereocenters. The molecule has 0 saturated carbocycles. The van der Waals surface area contributed by atoms with Gasteiger partial charge in [-0.15, -0.1) is 0 Å². The van der Waals surface area contributed by atoms with Crippen molar-refractivity contribution in [3.05, 3.63) is 113 Å². The minimum Gasteiger partial charge on any atom is -0.745 e. The van der Waals surface area contributed by atoms with Gasteiger partial charge in [-0.05, 0) is 34.9 Å². The Labute approximate surface area is 270 Å². The molecular weight excluding hydrogens is 610 g/mol. The molecule has 3 heterocycles. The van der Waals surface area contributed by atoms with E-state index < -0.39 is 60.2 Å². The summed E-state index contributed by atoms with van der Waals surface area (Å²) in [5.74, 6) is -1.57. The first-order chi connectivity index (χ1) is 22.1. The number of para-hydroxylation sites is 2. The lowest BCUT2D eigenvalue weighted by atomic mass is 9.81. The van der Waals surface area contributed by atoms with E-state index in [9.17, 15) is 19.2 Å². The fourth-order valence-corrected chi connectivity index (χ4v) is 6.68. The van der Waals surface area contributed by atoms with E-state index in [4.69, 9.17) is 31.6 Å². The van der Waals surface area contributed by atoms with Crippen molar-refractivity contribution in [1.29, 1.82) is 0 Å². The average molecular weight is 642 g/mol.